The van der Waals surface area contributed by atoms with Gasteiger partial charge in [0.1, 0.15) is 0 Å². The van der Waals surface area contributed by atoms with Crippen LogP contribution < -0.4 is 14.8 Å². The second-order valence-corrected chi connectivity index (χ2v) is 6.64. The average Bonchev–Trinajstić information content (AvgIpc) is 3.09. The Bertz CT molecular complexity index is 929. The molecule has 2 aliphatic heterocycles. The fourth-order valence-electron chi connectivity index (χ4n) is 3.00. The second kappa shape index (κ2) is 5.62. The zero-order valence-corrected chi connectivity index (χ0v) is 14.1. The summed E-state index contributed by atoms with van der Waals surface area (Å²) in [5.41, 5.74) is -1.32. The summed E-state index contributed by atoms with van der Waals surface area (Å²) in [5, 5.41) is 13.8. The molecule has 128 valence electrons. The molecule has 2 N–H and O–H groups in total. The number of amides is 1. The number of hydrogen-bond donors (Lipinski definition) is 2. The number of carbonyl (C=O) groups is 2. The molecule has 2 aliphatic rings. The molecule has 0 radical (unpaired) electrons. The molecular formula is C17H11Cl2NO5. The molecule has 0 bridgehead atoms. The minimum atomic E-state index is -2.07. The van der Waals surface area contributed by atoms with E-state index in [1.54, 1.807) is 12.1 Å². The Morgan fingerprint density at radius 2 is 1.96 bits per heavy atom. The van der Waals surface area contributed by atoms with Crippen LogP contribution in [0.3, 0.4) is 0 Å². The molecule has 2 heterocycles. The highest BCUT2D eigenvalue weighted by Crippen LogP contribution is 2.45. The summed E-state index contributed by atoms with van der Waals surface area (Å²) in [6, 6.07) is 7.57. The minimum Gasteiger partial charge on any atom is -0.454 e. The van der Waals surface area contributed by atoms with Crippen LogP contribution in [-0.2, 0) is 10.4 Å². The molecule has 8 heteroatoms. The zero-order valence-electron chi connectivity index (χ0n) is 12.6. The molecule has 0 spiro atoms. The van der Waals surface area contributed by atoms with Crippen LogP contribution in [0.1, 0.15) is 22.3 Å². The number of nitrogens with one attached hydrogen (secondary N) is 1. The molecule has 4 rings (SSSR count). The van der Waals surface area contributed by atoms with Crippen molar-refractivity contribution in [3.63, 3.8) is 0 Å². The van der Waals surface area contributed by atoms with E-state index in [4.69, 9.17) is 32.7 Å². The molecular weight excluding hydrogens is 369 g/mol. The monoisotopic (exact) mass is 379 g/mol. The van der Waals surface area contributed by atoms with Crippen molar-refractivity contribution in [3.8, 4) is 11.5 Å². The third-order valence-electron chi connectivity index (χ3n) is 4.20. The van der Waals surface area contributed by atoms with Crippen molar-refractivity contribution in [3.05, 3.63) is 51.5 Å². The lowest BCUT2D eigenvalue weighted by molar-refractivity contribution is -0.133. The van der Waals surface area contributed by atoms with Crippen molar-refractivity contribution in [2.45, 2.75) is 12.0 Å². The Kier molecular flexibility index (Phi) is 3.64. The Morgan fingerprint density at radius 3 is 2.76 bits per heavy atom. The Hall–Kier alpha value is -2.28. The van der Waals surface area contributed by atoms with E-state index in [1.165, 1.54) is 18.2 Å². The van der Waals surface area contributed by atoms with Crippen molar-refractivity contribution < 1.29 is 24.2 Å². The van der Waals surface area contributed by atoms with Gasteiger partial charge in [0.2, 0.25) is 6.79 Å². The van der Waals surface area contributed by atoms with Gasteiger partial charge in [-0.05, 0) is 30.3 Å². The van der Waals surface area contributed by atoms with E-state index >= 15 is 0 Å². The number of halogens is 2. The van der Waals surface area contributed by atoms with E-state index in [0.29, 0.717) is 27.8 Å². The number of ether oxygens (including phenoxy) is 2. The van der Waals surface area contributed by atoms with Gasteiger partial charge in [-0.25, -0.2) is 0 Å². The summed E-state index contributed by atoms with van der Waals surface area (Å²) in [5.74, 6) is -0.175. The summed E-state index contributed by atoms with van der Waals surface area (Å²) in [4.78, 5) is 24.9. The van der Waals surface area contributed by atoms with Crippen molar-refractivity contribution in [2.75, 3.05) is 12.1 Å². The Morgan fingerprint density at radius 1 is 1.20 bits per heavy atom. The molecule has 0 aliphatic carbocycles. The van der Waals surface area contributed by atoms with E-state index < -0.39 is 23.7 Å². The van der Waals surface area contributed by atoms with E-state index in [-0.39, 0.29) is 17.4 Å². The Balaban J connectivity index is 1.69. The summed E-state index contributed by atoms with van der Waals surface area (Å²) in [6.45, 7) is 0.0864. The topological polar surface area (TPSA) is 84.9 Å². The number of rotatable bonds is 3. The summed E-state index contributed by atoms with van der Waals surface area (Å²) in [6.07, 6.45) is -0.465. The van der Waals surface area contributed by atoms with Crippen molar-refractivity contribution in [1.29, 1.82) is 0 Å². The number of fused-ring (bicyclic) bond motifs is 2. The SMILES string of the molecule is O=C(CC1(O)C(=O)Nc2cc(Cl)cc(Cl)c21)c1ccc2c(c1)OCO2. The molecule has 1 unspecified atom stereocenters. The molecule has 1 amide bonds. The maximum Gasteiger partial charge on any atom is 0.261 e. The lowest BCUT2D eigenvalue weighted by atomic mass is 9.88. The van der Waals surface area contributed by atoms with Gasteiger partial charge in [0.25, 0.3) is 5.91 Å². The number of hydrogen-bond acceptors (Lipinski definition) is 5. The number of carbonyl (C=O) groups excluding carboxylic acids is 2. The van der Waals surface area contributed by atoms with Gasteiger partial charge >= 0.3 is 0 Å². The van der Waals surface area contributed by atoms with Crippen molar-refractivity contribution in [2.24, 2.45) is 0 Å². The van der Waals surface area contributed by atoms with Gasteiger partial charge in [0.15, 0.2) is 22.9 Å². The van der Waals surface area contributed by atoms with Crippen LogP contribution in [0.4, 0.5) is 5.69 Å². The van der Waals surface area contributed by atoms with Gasteiger partial charge < -0.3 is 19.9 Å². The van der Waals surface area contributed by atoms with Crippen LogP contribution in [0.25, 0.3) is 0 Å². The predicted molar refractivity (Wildman–Crippen MR) is 90.5 cm³/mol. The number of aliphatic hydroxyl groups is 1. The summed E-state index contributed by atoms with van der Waals surface area (Å²) < 4.78 is 10.4. The van der Waals surface area contributed by atoms with Gasteiger partial charge in [-0.3, -0.25) is 9.59 Å². The van der Waals surface area contributed by atoms with Gasteiger partial charge in [0, 0.05) is 16.1 Å². The van der Waals surface area contributed by atoms with Crippen LogP contribution in [0.15, 0.2) is 30.3 Å². The second-order valence-electron chi connectivity index (χ2n) is 5.79. The summed E-state index contributed by atoms with van der Waals surface area (Å²) in [7, 11) is 0. The molecule has 6 nitrogen and oxygen atoms in total. The first-order valence-electron chi connectivity index (χ1n) is 7.35. The van der Waals surface area contributed by atoms with E-state index in [2.05, 4.69) is 5.32 Å². The van der Waals surface area contributed by atoms with Gasteiger partial charge in [-0.15, -0.1) is 0 Å². The Labute approximate surface area is 152 Å². The molecule has 2 aromatic rings. The van der Waals surface area contributed by atoms with Gasteiger partial charge in [-0.1, -0.05) is 23.2 Å². The normalized spacial score (nSPS) is 20.4. The van der Waals surface area contributed by atoms with Gasteiger partial charge in [0.05, 0.1) is 17.1 Å². The summed E-state index contributed by atoms with van der Waals surface area (Å²) >= 11 is 12.1. The average molecular weight is 380 g/mol. The smallest absolute Gasteiger partial charge is 0.261 e. The lowest BCUT2D eigenvalue weighted by Gasteiger charge is -2.21. The quantitative estimate of drug-likeness (QED) is 0.800. The molecule has 0 saturated heterocycles. The molecule has 2 aromatic carbocycles. The van der Waals surface area contributed by atoms with Crippen molar-refractivity contribution in [1.82, 2.24) is 0 Å². The van der Waals surface area contributed by atoms with Crippen LogP contribution in [0, 0.1) is 0 Å². The zero-order chi connectivity index (χ0) is 17.8. The predicted octanol–water partition coefficient (Wildman–Crippen LogP) is 3.13. The first kappa shape index (κ1) is 16.2. The van der Waals surface area contributed by atoms with Crippen LogP contribution in [-0.4, -0.2) is 23.6 Å². The number of ketones is 1. The minimum absolute atomic E-state index is 0.0864. The van der Waals surface area contributed by atoms with Crippen LogP contribution in [0.2, 0.25) is 10.0 Å². The number of benzene rings is 2. The van der Waals surface area contributed by atoms with Crippen molar-refractivity contribution >= 4 is 40.6 Å². The maximum atomic E-state index is 12.6. The maximum absolute atomic E-state index is 12.6. The van der Waals surface area contributed by atoms with Gasteiger partial charge in [-0.2, -0.15) is 0 Å². The molecule has 0 fully saturated rings. The highest BCUT2D eigenvalue weighted by Gasteiger charge is 2.48. The van der Waals surface area contributed by atoms with E-state index in [1.807, 2.05) is 0 Å². The fraction of sp³-hybridized carbons (Fsp3) is 0.176. The third kappa shape index (κ3) is 2.54. The highest BCUT2D eigenvalue weighted by atomic mass is 35.5. The fourth-order valence-corrected chi connectivity index (χ4v) is 3.65. The number of anilines is 1. The number of Topliss-reactive ketones (excluding diaryl/α,β-unsaturated/α-hetero) is 1. The largest absolute Gasteiger partial charge is 0.454 e. The first-order valence-corrected chi connectivity index (χ1v) is 8.10. The third-order valence-corrected chi connectivity index (χ3v) is 4.72. The van der Waals surface area contributed by atoms with Crippen LogP contribution in [0.5, 0.6) is 11.5 Å². The van der Waals surface area contributed by atoms with E-state index in [9.17, 15) is 14.7 Å². The van der Waals surface area contributed by atoms with E-state index in [0.717, 1.165) is 0 Å². The van der Waals surface area contributed by atoms with Crippen LogP contribution >= 0.6 is 23.2 Å². The molecule has 0 aromatic heterocycles. The highest BCUT2D eigenvalue weighted by molar-refractivity contribution is 6.36. The lowest BCUT2D eigenvalue weighted by Crippen LogP contribution is -2.36. The molecule has 25 heavy (non-hydrogen) atoms. The first-order chi connectivity index (χ1) is 11.9. The standard InChI is InChI=1S/C17H11Cl2NO5/c18-9-4-10(19)15-11(5-9)20-16(22)17(15,23)6-12(21)8-1-2-13-14(3-8)25-7-24-13/h1-5,23H,6-7H2,(H,20,22). The molecule has 0 saturated carbocycles. The molecule has 1 atom stereocenters.